The van der Waals surface area contributed by atoms with Crippen LogP contribution in [-0.2, 0) is 4.79 Å². The number of aliphatic carboxylic acids is 1. The van der Waals surface area contributed by atoms with Crippen molar-refractivity contribution in [2.75, 3.05) is 0 Å². The molecule has 1 rings (SSSR count). The highest BCUT2D eigenvalue weighted by Gasteiger charge is 2.16. The molecule has 0 aliphatic heterocycles. The highest BCUT2D eigenvalue weighted by molar-refractivity contribution is 5.94. The van der Waals surface area contributed by atoms with Crippen LogP contribution in [0.5, 0.6) is 0 Å². The number of nitrogens with one attached hydrogen (secondary N) is 1. The van der Waals surface area contributed by atoms with Crippen molar-refractivity contribution < 1.29 is 19.1 Å². The van der Waals surface area contributed by atoms with Crippen molar-refractivity contribution in [3.8, 4) is 0 Å². The standard InChI is InChI=1S/C16H22FNO3/c1-10-6-5-9-13(14(10)17)15(19)18-12(3)8-4-7-11(2)16(20)21/h5-6,9,11-12H,4,7-8H2,1-3H3,(H,18,19)(H,20,21). The van der Waals surface area contributed by atoms with E-state index in [1.165, 1.54) is 6.07 Å². The van der Waals surface area contributed by atoms with Crippen LogP contribution in [0.4, 0.5) is 4.39 Å². The van der Waals surface area contributed by atoms with Gasteiger partial charge < -0.3 is 10.4 Å². The summed E-state index contributed by atoms with van der Waals surface area (Å²) in [6.45, 7) is 5.10. The van der Waals surface area contributed by atoms with Gasteiger partial charge in [-0.3, -0.25) is 9.59 Å². The van der Waals surface area contributed by atoms with Crippen molar-refractivity contribution in [1.82, 2.24) is 5.32 Å². The highest BCUT2D eigenvalue weighted by atomic mass is 19.1. The molecule has 0 aromatic heterocycles. The Balaban J connectivity index is 2.47. The first-order chi connectivity index (χ1) is 9.82. The van der Waals surface area contributed by atoms with E-state index in [-0.39, 0.29) is 17.5 Å². The van der Waals surface area contributed by atoms with E-state index in [9.17, 15) is 14.0 Å². The molecule has 4 nitrogen and oxygen atoms in total. The molecule has 0 fully saturated rings. The normalized spacial score (nSPS) is 13.5. The smallest absolute Gasteiger partial charge is 0.306 e. The van der Waals surface area contributed by atoms with Gasteiger partial charge in [0.15, 0.2) is 0 Å². The maximum Gasteiger partial charge on any atom is 0.306 e. The predicted molar refractivity (Wildman–Crippen MR) is 78.7 cm³/mol. The molecule has 21 heavy (non-hydrogen) atoms. The molecule has 0 saturated heterocycles. The quantitative estimate of drug-likeness (QED) is 0.812. The summed E-state index contributed by atoms with van der Waals surface area (Å²) in [6.07, 6.45) is 1.93. The van der Waals surface area contributed by atoms with Gasteiger partial charge in [0.2, 0.25) is 0 Å². The summed E-state index contributed by atoms with van der Waals surface area (Å²) in [6, 6.07) is 4.59. The van der Waals surface area contributed by atoms with Gasteiger partial charge in [0, 0.05) is 6.04 Å². The fraction of sp³-hybridized carbons (Fsp3) is 0.500. The highest BCUT2D eigenvalue weighted by Crippen LogP contribution is 2.13. The molecule has 0 aliphatic rings. The molecule has 2 unspecified atom stereocenters. The largest absolute Gasteiger partial charge is 0.481 e. The van der Waals surface area contributed by atoms with Gasteiger partial charge in [-0.25, -0.2) is 4.39 Å². The number of rotatable bonds is 7. The number of hydrogen-bond acceptors (Lipinski definition) is 2. The van der Waals surface area contributed by atoms with Crippen molar-refractivity contribution in [2.24, 2.45) is 5.92 Å². The lowest BCUT2D eigenvalue weighted by Gasteiger charge is -2.15. The minimum absolute atomic E-state index is 0.0424. The van der Waals surface area contributed by atoms with Gasteiger partial charge in [0.25, 0.3) is 5.91 Å². The Morgan fingerprint density at radius 3 is 2.57 bits per heavy atom. The van der Waals surface area contributed by atoms with E-state index in [1.807, 2.05) is 6.92 Å². The SMILES string of the molecule is Cc1cccc(C(=O)NC(C)CCCC(C)C(=O)O)c1F. The van der Waals surface area contributed by atoms with Gasteiger partial charge in [0.1, 0.15) is 5.82 Å². The lowest BCUT2D eigenvalue weighted by Crippen LogP contribution is -2.33. The van der Waals surface area contributed by atoms with Gasteiger partial charge in [-0.05, 0) is 38.3 Å². The number of carbonyl (C=O) groups is 2. The van der Waals surface area contributed by atoms with Crippen LogP contribution in [0.2, 0.25) is 0 Å². The monoisotopic (exact) mass is 295 g/mol. The van der Waals surface area contributed by atoms with Crippen LogP contribution in [0, 0.1) is 18.7 Å². The third kappa shape index (κ3) is 5.17. The fourth-order valence-corrected chi connectivity index (χ4v) is 2.05. The molecule has 0 heterocycles. The summed E-state index contributed by atoms with van der Waals surface area (Å²) in [5, 5.41) is 11.5. The topological polar surface area (TPSA) is 66.4 Å². The Bertz CT molecular complexity index is 516. The van der Waals surface area contributed by atoms with Crippen LogP contribution in [0.15, 0.2) is 18.2 Å². The summed E-state index contributed by atoms with van der Waals surface area (Å²) in [5.74, 6) is -2.13. The van der Waals surface area contributed by atoms with Crippen LogP contribution < -0.4 is 5.32 Å². The Kier molecular flexibility index (Phi) is 6.34. The molecule has 116 valence electrons. The molecule has 0 bridgehead atoms. The number of amides is 1. The molecule has 0 aliphatic carbocycles. The van der Waals surface area contributed by atoms with E-state index < -0.39 is 17.7 Å². The third-order valence-electron chi connectivity index (χ3n) is 3.51. The Morgan fingerprint density at radius 1 is 1.29 bits per heavy atom. The number of carbonyl (C=O) groups excluding carboxylic acids is 1. The molecule has 1 aromatic carbocycles. The number of hydrogen-bond donors (Lipinski definition) is 2. The van der Waals surface area contributed by atoms with Crippen molar-refractivity contribution in [1.29, 1.82) is 0 Å². The number of carboxylic acid groups (broad SMARTS) is 1. The van der Waals surface area contributed by atoms with E-state index >= 15 is 0 Å². The summed E-state index contributed by atoms with van der Waals surface area (Å²) >= 11 is 0. The summed E-state index contributed by atoms with van der Waals surface area (Å²) in [4.78, 5) is 22.7. The molecular formula is C16H22FNO3. The number of benzene rings is 1. The summed E-state index contributed by atoms with van der Waals surface area (Å²) in [5.41, 5.74) is 0.478. The van der Waals surface area contributed by atoms with Crippen LogP contribution >= 0.6 is 0 Å². The lowest BCUT2D eigenvalue weighted by atomic mass is 10.0. The second-order valence-electron chi connectivity index (χ2n) is 5.48. The number of carboxylic acids is 1. The minimum Gasteiger partial charge on any atom is -0.481 e. The third-order valence-corrected chi connectivity index (χ3v) is 3.51. The predicted octanol–water partition coefficient (Wildman–Crippen LogP) is 3.14. The van der Waals surface area contributed by atoms with E-state index in [4.69, 9.17) is 5.11 Å². The van der Waals surface area contributed by atoms with Crippen LogP contribution in [0.3, 0.4) is 0 Å². The van der Waals surface area contributed by atoms with Crippen molar-refractivity contribution in [2.45, 2.75) is 46.1 Å². The van der Waals surface area contributed by atoms with Gasteiger partial charge in [-0.15, -0.1) is 0 Å². The first-order valence-corrected chi connectivity index (χ1v) is 7.11. The van der Waals surface area contributed by atoms with Gasteiger partial charge >= 0.3 is 5.97 Å². The van der Waals surface area contributed by atoms with E-state index in [2.05, 4.69) is 5.32 Å². The molecule has 1 aromatic rings. The first kappa shape index (κ1) is 17.1. The zero-order valence-corrected chi connectivity index (χ0v) is 12.6. The average molecular weight is 295 g/mol. The molecule has 0 saturated carbocycles. The molecule has 0 radical (unpaired) electrons. The fourth-order valence-electron chi connectivity index (χ4n) is 2.05. The summed E-state index contributed by atoms with van der Waals surface area (Å²) < 4.78 is 13.8. The Hall–Kier alpha value is -1.91. The molecular weight excluding hydrogens is 273 g/mol. The Morgan fingerprint density at radius 2 is 1.95 bits per heavy atom. The number of halogens is 1. The molecule has 2 N–H and O–H groups in total. The van der Waals surface area contributed by atoms with Crippen molar-refractivity contribution in [3.63, 3.8) is 0 Å². The van der Waals surface area contributed by atoms with Gasteiger partial charge in [-0.2, -0.15) is 0 Å². The molecule has 5 heteroatoms. The zero-order chi connectivity index (χ0) is 16.0. The van der Waals surface area contributed by atoms with Crippen molar-refractivity contribution >= 4 is 11.9 Å². The van der Waals surface area contributed by atoms with E-state index in [0.29, 0.717) is 24.8 Å². The molecule has 2 atom stereocenters. The lowest BCUT2D eigenvalue weighted by molar-refractivity contribution is -0.141. The Labute approximate surface area is 124 Å². The van der Waals surface area contributed by atoms with Gasteiger partial charge in [0.05, 0.1) is 11.5 Å². The first-order valence-electron chi connectivity index (χ1n) is 7.11. The van der Waals surface area contributed by atoms with Crippen LogP contribution in [0.1, 0.15) is 49.0 Å². The maximum atomic E-state index is 13.8. The zero-order valence-electron chi connectivity index (χ0n) is 12.6. The second-order valence-corrected chi connectivity index (χ2v) is 5.48. The van der Waals surface area contributed by atoms with Crippen molar-refractivity contribution in [3.05, 3.63) is 35.1 Å². The van der Waals surface area contributed by atoms with Gasteiger partial charge in [-0.1, -0.05) is 25.5 Å². The number of aryl methyl sites for hydroxylation is 1. The van der Waals surface area contributed by atoms with E-state index in [1.54, 1.807) is 26.0 Å². The average Bonchev–Trinajstić information content (AvgIpc) is 2.41. The van der Waals surface area contributed by atoms with E-state index in [0.717, 1.165) is 0 Å². The van der Waals surface area contributed by atoms with Crippen LogP contribution in [0.25, 0.3) is 0 Å². The molecule has 0 spiro atoms. The summed E-state index contributed by atoms with van der Waals surface area (Å²) in [7, 11) is 0. The minimum atomic E-state index is -0.812. The molecule has 1 amide bonds. The van der Waals surface area contributed by atoms with Crippen LogP contribution in [-0.4, -0.2) is 23.0 Å². The maximum absolute atomic E-state index is 13.8. The second kappa shape index (κ2) is 7.76.